The summed E-state index contributed by atoms with van der Waals surface area (Å²) in [5.41, 5.74) is 14.6. The summed E-state index contributed by atoms with van der Waals surface area (Å²) in [5.74, 6) is -2.52. The molecule has 1 aromatic carbocycles. The molecule has 0 saturated carbocycles. The number of nitrogens with two attached hydrogens (primary N) is 2. The maximum atomic E-state index is 12.4. The Hall–Kier alpha value is -4.41. The zero-order valence-electron chi connectivity index (χ0n) is 19.2. The smallest absolute Gasteiger partial charge is 0.326 e. The third-order valence-electron chi connectivity index (χ3n) is 5.64. The molecule has 0 aliphatic heterocycles. The number of aromatic nitrogens is 3. The van der Waals surface area contributed by atoms with Crippen molar-refractivity contribution in [3.05, 3.63) is 59.3 Å². The number of hydrogen-bond acceptors (Lipinski definition) is 7. The van der Waals surface area contributed by atoms with E-state index >= 15 is 0 Å². The van der Waals surface area contributed by atoms with Crippen molar-refractivity contribution in [2.24, 2.45) is 0 Å². The van der Waals surface area contributed by atoms with Crippen molar-refractivity contribution in [3.63, 3.8) is 0 Å². The molecule has 0 bridgehead atoms. The number of carbonyl (C=O) groups excluding carboxylic acids is 1. The molecule has 8 N–H and O–H groups in total. The van der Waals surface area contributed by atoms with Crippen LogP contribution in [0.1, 0.15) is 53.6 Å². The summed E-state index contributed by atoms with van der Waals surface area (Å²) >= 11 is 0. The Bertz CT molecular complexity index is 1250. The number of carboxylic acids is 2. The van der Waals surface area contributed by atoms with Crippen molar-refractivity contribution < 1.29 is 24.6 Å². The van der Waals surface area contributed by atoms with E-state index in [0.717, 1.165) is 22.9 Å². The minimum Gasteiger partial charge on any atom is -0.481 e. The molecule has 3 rings (SSSR count). The summed E-state index contributed by atoms with van der Waals surface area (Å²) in [6.45, 7) is 1.94. The van der Waals surface area contributed by atoms with Crippen LogP contribution in [0.3, 0.4) is 0 Å². The summed E-state index contributed by atoms with van der Waals surface area (Å²) in [7, 11) is 0. The maximum absolute atomic E-state index is 12.4. The quantitative estimate of drug-likeness (QED) is 0.223. The molecule has 11 nitrogen and oxygen atoms in total. The highest BCUT2D eigenvalue weighted by Crippen LogP contribution is 2.32. The summed E-state index contributed by atoms with van der Waals surface area (Å²) in [6, 6.07) is 5.57. The molecule has 184 valence electrons. The second-order valence-corrected chi connectivity index (χ2v) is 8.10. The number of H-pyrrole nitrogens is 1. The SMILES string of the molecule is CC=CC(CCc1ccc(C(=O)N[C@@H](CCC(=O)O)C(=O)O)cc1)c1c[nH]c2nc(N)nc(N)c12. The lowest BCUT2D eigenvalue weighted by Crippen LogP contribution is -2.41. The van der Waals surface area contributed by atoms with E-state index in [0.29, 0.717) is 23.4 Å². The van der Waals surface area contributed by atoms with E-state index in [4.69, 9.17) is 16.6 Å². The third-order valence-corrected chi connectivity index (χ3v) is 5.64. The molecule has 0 radical (unpaired) electrons. The summed E-state index contributed by atoms with van der Waals surface area (Å²) < 4.78 is 0. The fraction of sp³-hybridized carbons (Fsp3) is 0.292. The summed E-state index contributed by atoms with van der Waals surface area (Å²) in [5, 5.41) is 21.1. The Kier molecular flexibility index (Phi) is 8.03. The average molecular weight is 481 g/mol. The van der Waals surface area contributed by atoms with Gasteiger partial charge >= 0.3 is 11.9 Å². The molecule has 1 amide bonds. The number of aryl methyl sites for hydroxylation is 1. The number of anilines is 2. The maximum Gasteiger partial charge on any atom is 0.326 e. The van der Waals surface area contributed by atoms with Crippen LogP contribution >= 0.6 is 0 Å². The standard InChI is InChI=1S/C24H28N6O5/c1-2-3-14(16-12-27-21-19(16)20(25)29-24(26)30-21)7-4-13-5-8-15(9-6-13)22(33)28-17(23(34)35)10-11-18(31)32/h2-3,5-6,8-9,12,14,17H,4,7,10-11H2,1H3,(H,28,33)(H,31,32)(H,34,35)(H5,25,26,27,29,30)/t14?,17-/m0/s1. The molecule has 11 heteroatoms. The first-order valence-corrected chi connectivity index (χ1v) is 11.1. The van der Waals surface area contributed by atoms with Crippen molar-refractivity contribution in [2.75, 3.05) is 11.5 Å². The number of carboxylic acid groups (broad SMARTS) is 2. The van der Waals surface area contributed by atoms with Gasteiger partial charge in [-0.25, -0.2) is 4.79 Å². The number of hydrogen-bond donors (Lipinski definition) is 6. The highest BCUT2D eigenvalue weighted by molar-refractivity contribution is 5.96. The van der Waals surface area contributed by atoms with E-state index in [2.05, 4.69) is 26.3 Å². The highest BCUT2D eigenvalue weighted by atomic mass is 16.4. The van der Waals surface area contributed by atoms with E-state index in [1.165, 1.54) is 0 Å². The van der Waals surface area contributed by atoms with Gasteiger partial charge in [0.25, 0.3) is 5.91 Å². The second-order valence-electron chi connectivity index (χ2n) is 8.10. The number of nitrogens with one attached hydrogen (secondary N) is 2. The van der Waals surface area contributed by atoms with Gasteiger partial charge in [0, 0.05) is 24.1 Å². The number of aromatic amines is 1. The Morgan fingerprint density at radius 2 is 1.83 bits per heavy atom. The van der Waals surface area contributed by atoms with Gasteiger partial charge in [-0.05, 0) is 49.4 Å². The molecule has 0 fully saturated rings. The molecular formula is C24H28N6O5. The molecule has 3 aromatic rings. The first-order chi connectivity index (χ1) is 16.7. The number of nitrogen functional groups attached to an aromatic ring is 2. The van der Waals surface area contributed by atoms with Crippen molar-refractivity contribution in [1.82, 2.24) is 20.3 Å². The number of carbonyl (C=O) groups is 3. The van der Waals surface area contributed by atoms with Gasteiger partial charge in [-0.2, -0.15) is 9.97 Å². The predicted molar refractivity (Wildman–Crippen MR) is 131 cm³/mol. The number of amides is 1. The van der Waals surface area contributed by atoms with Crippen LogP contribution in [0.15, 0.2) is 42.6 Å². The van der Waals surface area contributed by atoms with Crippen molar-refractivity contribution in [2.45, 2.75) is 44.6 Å². The Labute approximate surface area is 201 Å². The van der Waals surface area contributed by atoms with Gasteiger partial charge in [-0.15, -0.1) is 0 Å². The molecule has 1 unspecified atom stereocenters. The monoisotopic (exact) mass is 480 g/mol. The summed E-state index contributed by atoms with van der Waals surface area (Å²) in [6.07, 6.45) is 6.80. The minimum absolute atomic E-state index is 0.0387. The third kappa shape index (κ3) is 6.34. The molecule has 0 spiro atoms. The van der Waals surface area contributed by atoms with Crippen molar-refractivity contribution >= 4 is 40.6 Å². The van der Waals surface area contributed by atoms with Crippen LogP contribution in [0.4, 0.5) is 11.8 Å². The van der Waals surface area contributed by atoms with Crippen LogP contribution in [0.2, 0.25) is 0 Å². The fourth-order valence-electron chi connectivity index (χ4n) is 3.90. The van der Waals surface area contributed by atoms with Crippen molar-refractivity contribution in [3.8, 4) is 0 Å². The molecule has 35 heavy (non-hydrogen) atoms. The minimum atomic E-state index is -1.28. The van der Waals surface area contributed by atoms with Crippen molar-refractivity contribution in [1.29, 1.82) is 0 Å². The number of allylic oxidation sites excluding steroid dienone is 2. The zero-order chi connectivity index (χ0) is 25.5. The Balaban J connectivity index is 1.68. The molecule has 0 aliphatic carbocycles. The van der Waals surface area contributed by atoms with Gasteiger partial charge in [0.2, 0.25) is 5.95 Å². The number of nitrogens with zero attached hydrogens (tertiary/aromatic N) is 2. The first kappa shape index (κ1) is 25.2. The number of aliphatic carboxylic acids is 2. The zero-order valence-corrected chi connectivity index (χ0v) is 19.2. The number of fused-ring (bicyclic) bond motifs is 1. The van der Waals surface area contributed by atoms with Gasteiger partial charge in [0.1, 0.15) is 17.5 Å². The second kappa shape index (κ2) is 11.1. The highest BCUT2D eigenvalue weighted by Gasteiger charge is 2.22. The fourth-order valence-corrected chi connectivity index (χ4v) is 3.90. The molecule has 2 atom stereocenters. The number of benzene rings is 1. The van der Waals surface area contributed by atoms with E-state index in [-0.39, 0.29) is 24.7 Å². The van der Waals surface area contributed by atoms with E-state index < -0.39 is 23.9 Å². The summed E-state index contributed by atoms with van der Waals surface area (Å²) in [4.78, 5) is 45.8. The van der Waals surface area contributed by atoms with E-state index in [9.17, 15) is 19.5 Å². The molecule has 2 aromatic heterocycles. The normalized spacial score (nSPS) is 13.1. The van der Waals surface area contributed by atoms with E-state index in [1.54, 1.807) is 12.1 Å². The average Bonchev–Trinajstić information content (AvgIpc) is 3.23. The van der Waals surface area contributed by atoms with Gasteiger partial charge in [0.05, 0.1) is 5.39 Å². The van der Waals surface area contributed by atoms with Crippen LogP contribution in [-0.2, 0) is 16.0 Å². The molecule has 2 heterocycles. The van der Waals surface area contributed by atoms with Crippen LogP contribution in [-0.4, -0.2) is 49.1 Å². The van der Waals surface area contributed by atoms with Crippen LogP contribution in [0, 0.1) is 0 Å². The van der Waals surface area contributed by atoms with Crippen LogP contribution in [0.25, 0.3) is 11.0 Å². The van der Waals surface area contributed by atoms with Crippen LogP contribution < -0.4 is 16.8 Å². The number of rotatable bonds is 11. The Morgan fingerprint density at radius 1 is 1.11 bits per heavy atom. The largest absolute Gasteiger partial charge is 0.481 e. The lowest BCUT2D eigenvalue weighted by Gasteiger charge is -2.14. The lowest BCUT2D eigenvalue weighted by molar-refractivity contribution is -0.140. The molecular weight excluding hydrogens is 452 g/mol. The topological polar surface area (TPSA) is 197 Å². The molecule has 0 saturated heterocycles. The van der Waals surface area contributed by atoms with Crippen LogP contribution in [0.5, 0.6) is 0 Å². The van der Waals surface area contributed by atoms with Gasteiger partial charge in [-0.3, -0.25) is 9.59 Å². The predicted octanol–water partition coefficient (Wildman–Crippen LogP) is 2.46. The van der Waals surface area contributed by atoms with Gasteiger partial charge in [0.15, 0.2) is 0 Å². The molecule has 0 aliphatic rings. The van der Waals surface area contributed by atoms with Gasteiger partial charge in [-0.1, -0.05) is 24.3 Å². The van der Waals surface area contributed by atoms with Gasteiger partial charge < -0.3 is 32.0 Å². The van der Waals surface area contributed by atoms with E-state index in [1.807, 2.05) is 31.3 Å². The Morgan fingerprint density at radius 3 is 2.46 bits per heavy atom. The first-order valence-electron chi connectivity index (χ1n) is 11.1. The lowest BCUT2D eigenvalue weighted by atomic mass is 9.91.